The van der Waals surface area contributed by atoms with Gasteiger partial charge in [0.1, 0.15) is 0 Å². The lowest BCUT2D eigenvalue weighted by molar-refractivity contribution is 0.187. The summed E-state index contributed by atoms with van der Waals surface area (Å²) < 4.78 is 5.56. The number of benzene rings is 2. The van der Waals surface area contributed by atoms with Crippen LogP contribution in [0.25, 0.3) is 11.4 Å². The quantitative estimate of drug-likeness (QED) is 0.720. The van der Waals surface area contributed by atoms with E-state index in [9.17, 15) is 0 Å². The van der Waals surface area contributed by atoms with E-state index < -0.39 is 0 Å². The molecule has 6 heteroatoms. The normalized spacial score (nSPS) is 15.4. The molecular weight excluding hydrogens is 360 g/mol. The molecule has 1 aromatic heterocycles. The van der Waals surface area contributed by atoms with Crippen LogP contribution >= 0.6 is 12.4 Å². The molecular formula is C21H25ClN4O. The van der Waals surface area contributed by atoms with Crippen molar-refractivity contribution in [1.29, 1.82) is 0 Å². The second-order valence-electron chi connectivity index (χ2n) is 6.89. The van der Waals surface area contributed by atoms with E-state index >= 15 is 0 Å². The van der Waals surface area contributed by atoms with Crippen molar-refractivity contribution in [3.8, 4) is 11.4 Å². The average Bonchev–Trinajstić information content (AvgIpc) is 3.20. The Morgan fingerprint density at radius 1 is 0.963 bits per heavy atom. The van der Waals surface area contributed by atoms with Crippen molar-refractivity contribution in [3.05, 3.63) is 71.6 Å². The largest absolute Gasteiger partial charge is 0.339 e. The van der Waals surface area contributed by atoms with E-state index in [4.69, 9.17) is 10.3 Å². The number of hydrogen-bond acceptors (Lipinski definition) is 5. The van der Waals surface area contributed by atoms with E-state index in [1.165, 1.54) is 5.56 Å². The minimum Gasteiger partial charge on any atom is -0.339 e. The molecule has 142 valence electrons. The molecule has 0 amide bonds. The van der Waals surface area contributed by atoms with E-state index in [0.717, 1.165) is 49.5 Å². The van der Waals surface area contributed by atoms with Gasteiger partial charge in [0.25, 0.3) is 0 Å². The Labute approximate surface area is 166 Å². The highest BCUT2D eigenvalue weighted by Crippen LogP contribution is 2.29. The predicted molar refractivity (Wildman–Crippen MR) is 109 cm³/mol. The predicted octanol–water partition coefficient (Wildman–Crippen LogP) is 4.00. The maximum absolute atomic E-state index is 5.65. The molecule has 2 heterocycles. The summed E-state index contributed by atoms with van der Waals surface area (Å²) in [5.74, 6) is 1.78. The number of likely N-dealkylation sites (tertiary alicyclic amines) is 1. The molecule has 0 spiro atoms. The van der Waals surface area contributed by atoms with Gasteiger partial charge in [0, 0.05) is 24.6 Å². The van der Waals surface area contributed by atoms with Gasteiger partial charge >= 0.3 is 0 Å². The minimum atomic E-state index is 0. The second kappa shape index (κ2) is 9.13. The fourth-order valence-corrected chi connectivity index (χ4v) is 3.49. The zero-order chi connectivity index (χ0) is 17.8. The Balaban J connectivity index is 0.00000210. The smallest absolute Gasteiger partial charge is 0.230 e. The second-order valence-corrected chi connectivity index (χ2v) is 6.89. The third-order valence-corrected chi connectivity index (χ3v) is 5.08. The maximum Gasteiger partial charge on any atom is 0.230 e. The molecule has 2 aromatic carbocycles. The molecule has 1 fully saturated rings. The van der Waals surface area contributed by atoms with Crippen LogP contribution in [0, 0.1) is 0 Å². The summed E-state index contributed by atoms with van der Waals surface area (Å²) in [7, 11) is 0. The lowest BCUT2D eigenvalue weighted by atomic mass is 9.96. The molecule has 1 aliphatic heterocycles. The summed E-state index contributed by atoms with van der Waals surface area (Å²) in [6.45, 7) is 3.67. The standard InChI is InChI=1S/C21H24N4O.ClH/c22-14-16-6-8-18(9-7-16)20-23-21(26-24-20)19-10-12-25(13-11-19)15-17-4-2-1-3-5-17;/h1-9,19H,10-15,22H2;1H. The van der Waals surface area contributed by atoms with Crippen molar-refractivity contribution < 1.29 is 4.52 Å². The molecule has 5 nitrogen and oxygen atoms in total. The summed E-state index contributed by atoms with van der Waals surface area (Å²) in [6.07, 6.45) is 2.11. The van der Waals surface area contributed by atoms with Crippen LogP contribution in [0.5, 0.6) is 0 Å². The highest BCUT2D eigenvalue weighted by molar-refractivity contribution is 5.85. The first-order valence-corrected chi connectivity index (χ1v) is 9.21. The molecule has 0 atom stereocenters. The van der Waals surface area contributed by atoms with Crippen LogP contribution in [0.1, 0.15) is 35.8 Å². The van der Waals surface area contributed by atoms with Gasteiger partial charge in [-0.25, -0.2) is 0 Å². The highest BCUT2D eigenvalue weighted by atomic mass is 35.5. The van der Waals surface area contributed by atoms with Gasteiger partial charge in [0.15, 0.2) is 0 Å². The number of hydrogen-bond donors (Lipinski definition) is 1. The average molecular weight is 385 g/mol. The molecule has 0 saturated carbocycles. The van der Waals surface area contributed by atoms with Crippen molar-refractivity contribution in [2.24, 2.45) is 5.73 Å². The summed E-state index contributed by atoms with van der Waals surface area (Å²) in [5, 5.41) is 4.17. The van der Waals surface area contributed by atoms with Gasteiger partial charge in [-0.3, -0.25) is 4.90 Å². The Morgan fingerprint density at radius 3 is 2.33 bits per heavy atom. The molecule has 0 aliphatic carbocycles. The van der Waals surface area contributed by atoms with Crippen LogP contribution < -0.4 is 5.73 Å². The maximum atomic E-state index is 5.65. The van der Waals surface area contributed by atoms with Crippen LogP contribution in [-0.4, -0.2) is 28.1 Å². The lowest BCUT2D eigenvalue weighted by Crippen LogP contribution is -2.32. The number of aromatic nitrogens is 2. The van der Waals surface area contributed by atoms with Crippen LogP contribution in [0.3, 0.4) is 0 Å². The molecule has 0 unspecified atom stereocenters. The SMILES string of the molecule is Cl.NCc1ccc(-c2noc(C3CCN(Cc4ccccc4)CC3)n2)cc1. The van der Waals surface area contributed by atoms with E-state index in [1.807, 2.05) is 24.3 Å². The van der Waals surface area contributed by atoms with Gasteiger partial charge in [-0.05, 0) is 37.1 Å². The molecule has 2 N–H and O–H groups in total. The summed E-state index contributed by atoms with van der Waals surface area (Å²) in [4.78, 5) is 7.14. The van der Waals surface area contributed by atoms with Crippen molar-refractivity contribution in [2.45, 2.75) is 31.8 Å². The number of halogens is 1. The molecule has 3 aromatic rings. The number of nitrogens with two attached hydrogens (primary N) is 1. The topological polar surface area (TPSA) is 68.2 Å². The number of nitrogens with zero attached hydrogens (tertiary/aromatic N) is 3. The summed E-state index contributed by atoms with van der Waals surface area (Å²) >= 11 is 0. The van der Waals surface area contributed by atoms with Crippen LogP contribution in [0.4, 0.5) is 0 Å². The van der Waals surface area contributed by atoms with E-state index in [2.05, 4.69) is 45.4 Å². The third kappa shape index (κ3) is 4.75. The van der Waals surface area contributed by atoms with E-state index in [1.54, 1.807) is 0 Å². The zero-order valence-corrected chi connectivity index (χ0v) is 16.1. The van der Waals surface area contributed by atoms with Gasteiger partial charge in [0.2, 0.25) is 11.7 Å². The molecule has 4 rings (SSSR count). The van der Waals surface area contributed by atoms with Crippen LogP contribution in [0.2, 0.25) is 0 Å². The van der Waals surface area contributed by atoms with Gasteiger partial charge in [-0.15, -0.1) is 12.4 Å². The summed E-state index contributed by atoms with van der Waals surface area (Å²) in [6, 6.07) is 18.6. The molecule has 0 bridgehead atoms. The van der Waals surface area contributed by atoms with Crippen molar-refractivity contribution in [1.82, 2.24) is 15.0 Å². The van der Waals surface area contributed by atoms with Crippen LogP contribution in [0.15, 0.2) is 59.1 Å². The molecule has 1 aliphatic rings. The lowest BCUT2D eigenvalue weighted by Gasteiger charge is -2.30. The van der Waals surface area contributed by atoms with Gasteiger partial charge in [-0.1, -0.05) is 59.8 Å². The zero-order valence-electron chi connectivity index (χ0n) is 15.3. The van der Waals surface area contributed by atoms with Crippen molar-refractivity contribution in [2.75, 3.05) is 13.1 Å². The number of piperidine rings is 1. The van der Waals surface area contributed by atoms with Gasteiger partial charge < -0.3 is 10.3 Å². The Kier molecular flexibility index (Phi) is 6.61. The number of rotatable bonds is 5. The Hall–Kier alpha value is -2.21. The Morgan fingerprint density at radius 2 is 1.67 bits per heavy atom. The monoisotopic (exact) mass is 384 g/mol. The van der Waals surface area contributed by atoms with Crippen LogP contribution in [-0.2, 0) is 13.1 Å². The van der Waals surface area contributed by atoms with Gasteiger partial charge in [0.05, 0.1) is 0 Å². The Bertz CT molecular complexity index is 827. The first-order valence-electron chi connectivity index (χ1n) is 9.21. The third-order valence-electron chi connectivity index (χ3n) is 5.08. The van der Waals surface area contributed by atoms with E-state index in [0.29, 0.717) is 18.3 Å². The van der Waals surface area contributed by atoms with E-state index in [-0.39, 0.29) is 12.4 Å². The fraction of sp³-hybridized carbons (Fsp3) is 0.333. The molecule has 1 saturated heterocycles. The first-order chi connectivity index (χ1) is 12.8. The fourth-order valence-electron chi connectivity index (χ4n) is 3.49. The highest BCUT2D eigenvalue weighted by Gasteiger charge is 2.25. The van der Waals surface area contributed by atoms with Gasteiger partial charge in [-0.2, -0.15) is 4.98 Å². The first kappa shape index (κ1) is 19.5. The summed E-state index contributed by atoms with van der Waals surface area (Å²) in [5.41, 5.74) is 9.09. The molecule has 27 heavy (non-hydrogen) atoms. The van der Waals surface area contributed by atoms with Crippen molar-refractivity contribution >= 4 is 12.4 Å². The minimum absolute atomic E-state index is 0. The van der Waals surface area contributed by atoms with Crippen molar-refractivity contribution in [3.63, 3.8) is 0 Å². The molecule has 0 radical (unpaired) electrons.